The summed E-state index contributed by atoms with van der Waals surface area (Å²) in [6.07, 6.45) is 5.37. The molecule has 4 rings (SSSR count). The SMILES string of the molecule is Cc1ncc(CNc2cccc(Cn3cnnc3)c2)n1-c1ccccc1. The van der Waals surface area contributed by atoms with E-state index in [4.69, 9.17) is 0 Å². The second-order valence-electron chi connectivity index (χ2n) is 6.16. The summed E-state index contributed by atoms with van der Waals surface area (Å²) in [6.45, 7) is 3.48. The highest BCUT2D eigenvalue weighted by molar-refractivity contribution is 5.46. The normalized spacial score (nSPS) is 10.8. The largest absolute Gasteiger partial charge is 0.379 e. The van der Waals surface area contributed by atoms with Crippen molar-refractivity contribution < 1.29 is 0 Å². The standard InChI is InChI=1S/C20H20N6/c1-16-21-11-20(26(16)19-8-3-2-4-9-19)12-22-18-7-5-6-17(10-18)13-25-14-23-24-15-25/h2-11,14-15,22H,12-13H2,1H3. The monoisotopic (exact) mass is 344 g/mol. The van der Waals surface area contributed by atoms with Crippen LogP contribution in [0.15, 0.2) is 73.4 Å². The first kappa shape index (κ1) is 16.1. The third kappa shape index (κ3) is 3.49. The highest BCUT2D eigenvalue weighted by atomic mass is 15.2. The van der Waals surface area contributed by atoms with Crippen molar-refractivity contribution >= 4 is 5.69 Å². The quantitative estimate of drug-likeness (QED) is 0.582. The number of anilines is 1. The summed E-state index contributed by atoms with van der Waals surface area (Å²) in [4.78, 5) is 4.48. The van der Waals surface area contributed by atoms with Crippen molar-refractivity contribution in [3.63, 3.8) is 0 Å². The van der Waals surface area contributed by atoms with Gasteiger partial charge in [0.1, 0.15) is 18.5 Å². The van der Waals surface area contributed by atoms with Crippen LogP contribution in [0, 0.1) is 6.92 Å². The zero-order valence-electron chi connectivity index (χ0n) is 14.6. The van der Waals surface area contributed by atoms with Gasteiger partial charge >= 0.3 is 0 Å². The highest BCUT2D eigenvalue weighted by Gasteiger charge is 2.08. The van der Waals surface area contributed by atoms with E-state index in [1.54, 1.807) is 12.7 Å². The molecule has 0 amide bonds. The fourth-order valence-electron chi connectivity index (χ4n) is 3.03. The minimum Gasteiger partial charge on any atom is -0.379 e. The second-order valence-corrected chi connectivity index (χ2v) is 6.16. The average Bonchev–Trinajstić information content (AvgIpc) is 3.31. The van der Waals surface area contributed by atoms with Crippen LogP contribution < -0.4 is 5.32 Å². The molecular weight excluding hydrogens is 324 g/mol. The van der Waals surface area contributed by atoms with Crippen LogP contribution >= 0.6 is 0 Å². The smallest absolute Gasteiger partial charge is 0.119 e. The molecule has 2 aromatic heterocycles. The van der Waals surface area contributed by atoms with Crippen LogP contribution in [0.4, 0.5) is 5.69 Å². The summed E-state index contributed by atoms with van der Waals surface area (Å²) in [5, 5.41) is 11.2. The van der Waals surface area contributed by atoms with Crippen molar-refractivity contribution in [1.82, 2.24) is 24.3 Å². The molecule has 6 nitrogen and oxygen atoms in total. The minimum atomic E-state index is 0.700. The number of hydrogen-bond donors (Lipinski definition) is 1. The molecule has 130 valence electrons. The van der Waals surface area contributed by atoms with E-state index in [-0.39, 0.29) is 0 Å². The first-order chi connectivity index (χ1) is 12.8. The van der Waals surface area contributed by atoms with Gasteiger partial charge in [-0.1, -0.05) is 30.3 Å². The van der Waals surface area contributed by atoms with Crippen LogP contribution in [-0.4, -0.2) is 24.3 Å². The van der Waals surface area contributed by atoms with Gasteiger partial charge in [-0.05, 0) is 36.8 Å². The lowest BCUT2D eigenvalue weighted by atomic mass is 10.2. The molecule has 4 aromatic rings. The van der Waals surface area contributed by atoms with Crippen LogP contribution in [0.1, 0.15) is 17.1 Å². The minimum absolute atomic E-state index is 0.700. The predicted molar refractivity (Wildman–Crippen MR) is 101 cm³/mol. The van der Waals surface area contributed by atoms with E-state index in [1.807, 2.05) is 35.9 Å². The number of aryl methyl sites for hydroxylation is 1. The topological polar surface area (TPSA) is 60.6 Å². The van der Waals surface area contributed by atoms with Gasteiger partial charge in [0.2, 0.25) is 0 Å². The van der Waals surface area contributed by atoms with Gasteiger partial charge in [-0.15, -0.1) is 10.2 Å². The molecule has 0 saturated heterocycles. The molecule has 2 aromatic carbocycles. The van der Waals surface area contributed by atoms with Crippen LogP contribution in [0.2, 0.25) is 0 Å². The number of benzene rings is 2. The number of rotatable bonds is 6. The third-order valence-electron chi connectivity index (χ3n) is 4.26. The van der Waals surface area contributed by atoms with Gasteiger partial charge in [-0.2, -0.15) is 0 Å². The third-order valence-corrected chi connectivity index (χ3v) is 4.26. The number of aromatic nitrogens is 5. The van der Waals surface area contributed by atoms with E-state index in [9.17, 15) is 0 Å². The summed E-state index contributed by atoms with van der Waals surface area (Å²) in [5.74, 6) is 0.981. The predicted octanol–water partition coefficient (Wildman–Crippen LogP) is 3.43. The van der Waals surface area contributed by atoms with Crippen molar-refractivity contribution in [1.29, 1.82) is 0 Å². The molecule has 0 aliphatic rings. The van der Waals surface area contributed by atoms with Gasteiger partial charge in [0.05, 0.1) is 25.0 Å². The van der Waals surface area contributed by atoms with E-state index in [1.165, 1.54) is 5.56 Å². The van der Waals surface area contributed by atoms with Gasteiger partial charge in [-0.25, -0.2) is 4.98 Å². The van der Waals surface area contributed by atoms with Crippen molar-refractivity contribution in [3.8, 4) is 5.69 Å². The maximum Gasteiger partial charge on any atom is 0.119 e. The molecule has 0 aliphatic heterocycles. The maximum absolute atomic E-state index is 4.48. The van der Waals surface area contributed by atoms with Gasteiger partial charge in [-0.3, -0.25) is 4.57 Å². The molecule has 0 aliphatic carbocycles. The number of hydrogen-bond acceptors (Lipinski definition) is 4. The van der Waals surface area contributed by atoms with Gasteiger partial charge in [0.15, 0.2) is 0 Å². The molecule has 0 fully saturated rings. The first-order valence-corrected chi connectivity index (χ1v) is 8.53. The Hall–Kier alpha value is -3.41. The lowest BCUT2D eigenvalue weighted by Crippen LogP contribution is -2.07. The van der Waals surface area contributed by atoms with E-state index < -0.39 is 0 Å². The molecule has 6 heteroatoms. The maximum atomic E-state index is 4.48. The summed E-state index contributed by atoms with van der Waals surface area (Å²) in [5.41, 5.74) is 4.52. The summed E-state index contributed by atoms with van der Waals surface area (Å²) in [6, 6.07) is 18.7. The number of imidazole rings is 1. The Bertz CT molecular complexity index is 973. The molecule has 26 heavy (non-hydrogen) atoms. The average molecular weight is 344 g/mol. The molecule has 0 spiro atoms. The molecule has 0 atom stereocenters. The van der Waals surface area contributed by atoms with E-state index in [2.05, 4.69) is 61.5 Å². The van der Waals surface area contributed by atoms with Crippen LogP contribution in [0.5, 0.6) is 0 Å². The Morgan fingerprint density at radius 3 is 2.58 bits per heavy atom. The summed E-state index contributed by atoms with van der Waals surface area (Å²) >= 11 is 0. The number of nitrogens with one attached hydrogen (secondary N) is 1. The fraction of sp³-hybridized carbons (Fsp3) is 0.150. The molecule has 0 saturated carbocycles. The van der Waals surface area contributed by atoms with Crippen LogP contribution in [0.3, 0.4) is 0 Å². The molecule has 0 unspecified atom stereocenters. The lowest BCUT2D eigenvalue weighted by molar-refractivity contribution is 0.794. The second kappa shape index (κ2) is 7.23. The Morgan fingerprint density at radius 2 is 1.77 bits per heavy atom. The van der Waals surface area contributed by atoms with E-state index in [0.717, 1.165) is 29.4 Å². The molecule has 2 heterocycles. The van der Waals surface area contributed by atoms with Gasteiger partial charge in [0, 0.05) is 11.4 Å². The Morgan fingerprint density at radius 1 is 0.962 bits per heavy atom. The first-order valence-electron chi connectivity index (χ1n) is 8.53. The Balaban J connectivity index is 1.50. The number of nitrogens with zero attached hydrogens (tertiary/aromatic N) is 5. The Labute approximate surface area is 152 Å². The van der Waals surface area contributed by atoms with E-state index in [0.29, 0.717) is 6.54 Å². The van der Waals surface area contributed by atoms with Crippen LogP contribution in [0.25, 0.3) is 5.69 Å². The molecule has 1 N–H and O–H groups in total. The van der Waals surface area contributed by atoms with Crippen molar-refractivity contribution in [2.24, 2.45) is 0 Å². The highest BCUT2D eigenvalue weighted by Crippen LogP contribution is 2.17. The summed E-state index contributed by atoms with van der Waals surface area (Å²) in [7, 11) is 0. The van der Waals surface area contributed by atoms with Crippen molar-refractivity contribution in [3.05, 3.63) is 90.5 Å². The lowest BCUT2D eigenvalue weighted by Gasteiger charge is -2.12. The number of para-hydroxylation sites is 1. The zero-order valence-corrected chi connectivity index (χ0v) is 14.6. The zero-order chi connectivity index (χ0) is 17.8. The van der Waals surface area contributed by atoms with E-state index >= 15 is 0 Å². The Kier molecular flexibility index (Phi) is 4.47. The molecular formula is C20H20N6. The molecule has 0 radical (unpaired) electrons. The summed E-state index contributed by atoms with van der Waals surface area (Å²) < 4.78 is 4.13. The van der Waals surface area contributed by atoms with Crippen LogP contribution in [-0.2, 0) is 13.1 Å². The molecule has 0 bridgehead atoms. The van der Waals surface area contributed by atoms with Gasteiger partial charge in [0.25, 0.3) is 0 Å². The van der Waals surface area contributed by atoms with Gasteiger partial charge < -0.3 is 9.88 Å². The fourth-order valence-corrected chi connectivity index (χ4v) is 3.03. The van der Waals surface area contributed by atoms with Crippen molar-refractivity contribution in [2.75, 3.05) is 5.32 Å². The van der Waals surface area contributed by atoms with Crippen molar-refractivity contribution in [2.45, 2.75) is 20.0 Å².